The van der Waals surface area contributed by atoms with Crippen LogP contribution in [0.4, 0.5) is 0 Å². The number of benzene rings is 1. The molecule has 1 saturated carbocycles. The van der Waals surface area contributed by atoms with Crippen molar-refractivity contribution < 1.29 is 22.5 Å². The SMILES string of the molecule is COc1ccc(C(=O)NC(c2nc(C3CC3)no2)C(C)C)cc1S(=O)(=O)NC(C)C. The maximum absolute atomic E-state index is 12.9. The lowest BCUT2D eigenvalue weighted by molar-refractivity contribution is 0.0913. The number of methoxy groups -OCH3 is 1. The Balaban J connectivity index is 1.86. The van der Waals surface area contributed by atoms with Gasteiger partial charge < -0.3 is 14.6 Å². The zero-order chi connectivity index (χ0) is 22.1. The standard InChI is InChI=1S/C20H28N4O5S/c1-11(2)17(20-22-18(23-29-20)13-6-7-13)21-19(25)14-8-9-15(28-5)16(10-14)30(26,27)24-12(3)4/h8-13,17,24H,6-7H2,1-5H3,(H,21,25). The number of hydrogen-bond donors (Lipinski definition) is 2. The molecule has 1 aliphatic carbocycles. The summed E-state index contributed by atoms with van der Waals surface area (Å²) in [6.45, 7) is 7.30. The summed E-state index contributed by atoms with van der Waals surface area (Å²) in [5.41, 5.74) is 0.188. The van der Waals surface area contributed by atoms with Gasteiger partial charge in [0, 0.05) is 17.5 Å². The van der Waals surface area contributed by atoms with Crippen molar-refractivity contribution in [3.05, 3.63) is 35.5 Å². The van der Waals surface area contributed by atoms with Crippen LogP contribution in [0.3, 0.4) is 0 Å². The van der Waals surface area contributed by atoms with Crippen molar-refractivity contribution >= 4 is 15.9 Å². The minimum Gasteiger partial charge on any atom is -0.495 e. The summed E-state index contributed by atoms with van der Waals surface area (Å²) in [5, 5.41) is 6.90. The zero-order valence-corrected chi connectivity index (χ0v) is 18.6. The van der Waals surface area contributed by atoms with Crippen LogP contribution in [0.2, 0.25) is 0 Å². The number of nitrogens with zero attached hydrogens (tertiary/aromatic N) is 2. The molecule has 30 heavy (non-hydrogen) atoms. The van der Waals surface area contributed by atoms with E-state index in [1.807, 2.05) is 13.8 Å². The van der Waals surface area contributed by atoms with E-state index in [2.05, 4.69) is 20.2 Å². The molecule has 1 fully saturated rings. The van der Waals surface area contributed by atoms with Gasteiger partial charge in [0.2, 0.25) is 15.9 Å². The third-order valence-corrected chi connectivity index (χ3v) is 6.41. The molecule has 1 unspecified atom stereocenters. The Bertz CT molecular complexity index is 1010. The van der Waals surface area contributed by atoms with Crippen LogP contribution in [0, 0.1) is 5.92 Å². The molecule has 0 aliphatic heterocycles. The number of ether oxygens (including phenoxy) is 1. The molecule has 1 aliphatic rings. The van der Waals surface area contributed by atoms with Gasteiger partial charge >= 0.3 is 0 Å². The summed E-state index contributed by atoms with van der Waals surface area (Å²) in [6.07, 6.45) is 2.09. The number of amides is 1. The van der Waals surface area contributed by atoms with Crippen molar-refractivity contribution in [3.63, 3.8) is 0 Å². The molecule has 9 nitrogen and oxygen atoms in total. The minimum absolute atomic E-state index is 0.00879. The first kappa shape index (κ1) is 22.2. The Morgan fingerprint density at radius 3 is 2.50 bits per heavy atom. The number of carbonyl (C=O) groups excluding carboxylic acids is 1. The summed E-state index contributed by atoms with van der Waals surface area (Å²) in [4.78, 5) is 17.3. The number of carbonyl (C=O) groups is 1. The van der Waals surface area contributed by atoms with Gasteiger partial charge in [-0.25, -0.2) is 13.1 Å². The monoisotopic (exact) mass is 436 g/mol. The van der Waals surface area contributed by atoms with Gasteiger partial charge in [-0.1, -0.05) is 19.0 Å². The number of hydrogen-bond acceptors (Lipinski definition) is 7. The van der Waals surface area contributed by atoms with Gasteiger partial charge in [0.05, 0.1) is 7.11 Å². The molecule has 1 heterocycles. The molecule has 2 N–H and O–H groups in total. The number of nitrogens with one attached hydrogen (secondary N) is 2. The first-order chi connectivity index (χ1) is 14.1. The van der Waals surface area contributed by atoms with Crippen molar-refractivity contribution in [2.75, 3.05) is 7.11 Å². The molecule has 0 spiro atoms. The number of aromatic nitrogens is 2. The molecular weight excluding hydrogens is 408 g/mol. The highest BCUT2D eigenvalue weighted by Gasteiger charge is 2.32. The highest BCUT2D eigenvalue weighted by molar-refractivity contribution is 7.89. The van der Waals surface area contributed by atoms with Crippen LogP contribution in [0.25, 0.3) is 0 Å². The van der Waals surface area contributed by atoms with Gasteiger partial charge in [-0.2, -0.15) is 4.98 Å². The first-order valence-electron chi connectivity index (χ1n) is 9.97. The number of sulfonamides is 1. The topological polar surface area (TPSA) is 123 Å². The predicted molar refractivity (Wildman–Crippen MR) is 110 cm³/mol. The summed E-state index contributed by atoms with van der Waals surface area (Å²) >= 11 is 0. The fraction of sp³-hybridized carbons (Fsp3) is 0.550. The van der Waals surface area contributed by atoms with Crippen LogP contribution in [-0.4, -0.2) is 37.6 Å². The largest absolute Gasteiger partial charge is 0.495 e. The average Bonchev–Trinajstić information content (AvgIpc) is 3.41. The van der Waals surface area contributed by atoms with Crippen molar-refractivity contribution in [2.45, 2.75) is 63.4 Å². The molecule has 1 aromatic heterocycles. The van der Waals surface area contributed by atoms with Crippen LogP contribution < -0.4 is 14.8 Å². The van der Waals surface area contributed by atoms with Crippen LogP contribution in [-0.2, 0) is 10.0 Å². The van der Waals surface area contributed by atoms with E-state index in [1.54, 1.807) is 13.8 Å². The summed E-state index contributed by atoms with van der Waals surface area (Å²) in [7, 11) is -2.47. The molecule has 0 bridgehead atoms. The molecule has 164 valence electrons. The van der Waals surface area contributed by atoms with Crippen LogP contribution in [0.15, 0.2) is 27.6 Å². The molecule has 0 radical (unpaired) electrons. The van der Waals surface area contributed by atoms with E-state index in [9.17, 15) is 13.2 Å². The van der Waals surface area contributed by atoms with E-state index >= 15 is 0 Å². The third kappa shape index (κ3) is 4.99. The van der Waals surface area contributed by atoms with Crippen molar-refractivity contribution in [1.82, 2.24) is 20.2 Å². The second-order valence-corrected chi connectivity index (χ2v) is 9.78. The second-order valence-electron chi connectivity index (χ2n) is 8.10. The fourth-order valence-corrected chi connectivity index (χ4v) is 4.47. The minimum atomic E-state index is -3.85. The van der Waals surface area contributed by atoms with E-state index in [-0.39, 0.29) is 28.2 Å². The van der Waals surface area contributed by atoms with Gasteiger partial charge in [0.1, 0.15) is 16.7 Å². The van der Waals surface area contributed by atoms with Gasteiger partial charge in [-0.15, -0.1) is 0 Å². The Kier molecular flexibility index (Phi) is 6.47. The maximum Gasteiger partial charge on any atom is 0.251 e. The van der Waals surface area contributed by atoms with Crippen molar-refractivity contribution in [2.24, 2.45) is 5.92 Å². The Labute approximate surface area is 176 Å². The van der Waals surface area contributed by atoms with Gasteiger partial charge in [0.25, 0.3) is 5.91 Å². The van der Waals surface area contributed by atoms with Crippen molar-refractivity contribution in [3.8, 4) is 5.75 Å². The van der Waals surface area contributed by atoms with Gasteiger partial charge in [0.15, 0.2) is 5.82 Å². The summed E-state index contributed by atoms with van der Waals surface area (Å²) in [6, 6.07) is 3.49. The molecule has 10 heteroatoms. The normalized spacial score (nSPS) is 15.4. The summed E-state index contributed by atoms with van der Waals surface area (Å²) in [5.74, 6) is 1.07. The quantitative estimate of drug-likeness (QED) is 0.619. The molecule has 0 saturated heterocycles. The van der Waals surface area contributed by atoms with E-state index in [0.717, 1.165) is 12.8 Å². The van der Waals surface area contributed by atoms with Crippen LogP contribution >= 0.6 is 0 Å². The molecule has 3 rings (SSSR count). The van der Waals surface area contributed by atoms with E-state index in [4.69, 9.17) is 9.26 Å². The molecule has 2 aromatic rings. The Morgan fingerprint density at radius 1 is 1.23 bits per heavy atom. The average molecular weight is 437 g/mol. The number of rotatable bonds is 9. The third-order valence-electron chi connectivity index (χ3n) is 4.73. The molecule has 1 amide bonds. The lowest BCUT2D eigenvalue weighted by Crippen LogP contribution is -2.33. The zero-order valence-electron chi connectivity index (χ0n) is 17.8. The highest BCUT2D eigenvalue weighted by atomic mass is 32.2. The van der Waals surface area contributed by atoms with Crippen LogP contribution in [0.5, 0.6) is 5.75 Å². The maximum atomic E-state index is 12.9. The van der Waals surface area contributed by atoms with Crippen LogP contribution in [0.1, 0.15) is 74.6 Å². The molecular formula is C20H28N4O5S. The molecule has 1 atom stereocenters. The fourth-order valence-electron chi connectivity index (χ4n) is 3.02. The van der Waals surface area contributed by atoms with Crippen molar-refractivity contribution in [1.29, 1.82) is 0 Å². The lowest BCUT2D eigenvalue weighted by Gasteiger charge is -2.19. The summed E-state index contributed by atoms with van der Waals surface area (Å²) < 4.78 is 38.4. The van der Waals surface area contributed by atoms with Gasteiger partial charge in [-0.3, -0.25) is 4.79 Å². The lowest BCUT2D eigenvalue weighted by atomic mass is 10.0. The van der Waals surface area contributed by atoms with E-state index in [0.29, 0.717) is 17.6 Å². The smallest absolute Gasteiger partial charge is 0.251 e. The second kappa shape index (κ2) is 8.73. The first-order valence-corrected chi connectivity index (χ1v) is 11.5. The van der Waals surface area contributed by atoms with E-state index < -0.39 is 22.0 Å². The Morgan fingerprint density at radius 2 is 1.93 bits per heavy atom. The predicted octanol–water partition coefficient (Wildman–Crippen LogP) is 2.77. The van der Waals surface area contributed by atoms with Gasteiger partial charge in [-0.05, 0) is 50.8 Å². The Hall–Kier alpha value is -2.46. The molecule has 1 aromatic carbocycles. The van der Waals surface area contributed by atoms with E-state index in [1.165, 1.54) is 25.3 Å². The highest BCUT2D eigenvalue weighted by Crippen LogP contribution is 2.38.